The molecular formula is C18H23N3O3S. The van der Waals surface area contributed by atoms with E-state index in [1.54, 1.807) is 23.1 Å². The van der Waals surface area contributed by atoms with E-state index in [1.807, 2.05) is 26.8 Å². The second kappa shape index (κ2) is 8.11. The Labute approximate surface area is 153 Å². The molecule has 0 radical (unpaired) electrons. The molecule has 0 saturated carbocycles. The van der Waals surface area contributed by atoms with Gasteiger partial charge < -0.3 is 20.3 Å². The zero-order chi connectivity index (χ0) is 18.6. The van der Waals surface area contributed by atoms with Gasteiger partial charge in [0, 0.05) is 18.8 Å². The van der Waals surface area contributed by atoms with Crippen LogP contribution in [0, 0.1) is 0 Å². The maximum absolute atomic E-state index is 13.0. The molecule has 1 atom stereocenters. The Hall–Kier alpha value is -2.41. The van der Waals surface area contributed by atoms with E-state index in [1.165, 1.54) is 7.11 Å². The Morgan fingerprint density at radius 2 is 1.88 bits per heavy atom. The minimum absolute atomic E-state index is 0.0883. The molecule has 0 fully saturated rings. The standard InChI is InChI=1S/C18H23N3O3S/c1-5-21(6-2)16(22)14-11(3)19-18(25)20-15(14)12-9-7-8-10-13(12)17(23)24-4/h7-10,15H,5-6H2,1-4H3,(H2,19,20,25)/t15-/m1/s1. The average Bonchev–Trinajstić information content (AvgIpc) is 2.61. The normalized spacial score (nSPS) is 16.8. The van der Waals surface area contributed by atoms with Gasteiger partial charge in [-0.25, -0.2) is 4.79 Å². The first-order valence-electron chi connectivity index (χ1n) is 8.19. The van der Waals surface area contributed by atoms with Gasteiger partial charge in [0.25, 0.3) is 5.91 Å². The Balaban J connectivity index is 2.58. The van der Waals surface area contributed by atoms with Crippen LogP contribution in [0.3, 0.4) is 0 Å². The van der Waals surface area contributed by atoms with E-state index in [-0.39, 0.29) is 5.91 Å². The summed E-state index contributed by atoms with van der Waals surface area (Å²) in [5.74, 6) is -0.538. The van der Waals surface area contributed by atoms with Gasteiger partial charge in [0.1, 0.15) is 0 Å². The summed E-state index contributed by atoms with van der Waals surface area (Å²) in [6.07, 6.45) is 0. The van der Waals surface area contributed by atoms with Crippen molar-refractivity contribution in [2.45, 2.75) is 26.8 Å². The fourth-order valence-electron chi connectivity index (χ4n) is 2.94. The molecule has 25 heavy (non-hydrogen) atoms. The Morgan fingerprint density at radius 1 is 1.24 bits per heavy atom. The lowest BCUT2D eigenvalue weighted by molar-refractivity contribution is -0.127. The van der Waals surface area contributed by atoms with Crippen molar-refractivity contribution in [1.29, 1.82) is 0 Å². The molecule has 1 aliphatic heterocycles. The third-order valence-electron chi connectivity index (χ3n) is 4.23. The maximum Gasteiger partial charge on any atom is 0.338 e. The van der Waals surface area contributed by atoms with Crippen molar-refractivity contribution in [3.8, 4) is 0 Å². The Bertz CT molecular complexity index is 726. The molecule has 1 aliphatic rings. The minimum atomic E-state index is -0.517. The molecule has 2 N–H and O–H groups in total. The molecule has 0 spiro atoms. The van der Waals surface area contributed by atoms with Crippen molar-refractivity contribution in [2.75, 3.05) is 20.2 Å². The number of nitrogens with one attached hydrogen (secondary N) is 2. The molecule has 2 rings (SSSR count). The number of esters is 1. The van der Waals surface area contributed by atoms with Crippen molar-refractivity contribution in [3.05, 3.63) is 46.7 Å². The number of carbonyl (C=O) groups is 2. The van der Waals surface area contributed by atoms with E-state index < -0.39 is 12.0 Å². The fraction of sp³-hybridized carbons (Fsp3) is 0.389. The van der Waals surface area contributed by atoms with Gasteiger partial charge in [-0.05, 0) is 44.6 Å². The van der Waals surface area contributed by atoms with E-state index in [0.29, 0.717) is 40.6 Å². The molecule has 0 aromatic heterocycles. The van der Waals surface area contributed by atoms with Gasteiger partial charge in [0.05, 0.1) is 24.3 Å². The van der Waals surface area contributed by atoms with Crippen molar-refractivity contribution < 1.29 is 14.3 Å². The predicted molar refractivity (Wildman–Crippen MR) is 100 cm³/mol. The molecule has 6 nitrogen and oxygen atoms in total. The van der Waals surface area contributed by atoms with Crippen LogP contribution in [-0.2, 0) is 9.53 Å². The SMILES string of the molecule is CCN(CC)C(=O)C1=C(C)NC(=S)N[C@@H]1c1ccccc1C(=O)OC. The smallest absolute Gasteiger partial charge is 0.338 e. The van der Waals surface area contributed by atoms with Gasteiger partial charge >= 0.3 is 5.97 Å². The van der Waals surface area contributed by atoms with Crippen LogP contribution in [0.25, 0.3) is 0 Å². The second-order valence-corrected chi connectivity index (χ2v) is 6.03. The Kier molecular flexibility index (Phi) is 6.14. The number of ether oxygens (including phenoxy) is 1. The molecule has 1 amide bonds. The third kappa shape index (κ3) is 3.82. The molecule has 7 heteroatoms. The monoisotopic (exact) mass is 361 g/mol. The summed E-state index contributed by atoms with van der Waals surface area (Å²) in [4.78, 5) is 26.9. The summed E-state index contributed by atoms with van der Waals surface area (Å²) in [6, 6.07) is 6.56. The van der Waals surface area contributed by atoms with E-state index in [2.05, 4.69) is 10.6 Å². The number of benzene rings is 1. The number of methoxy groups -OCH3 is 1. The molecule has 1 aromatic carbocycles. The molecule has 134 valence electrons. The lowest BCUT2D eigenvalue weighted by atomic mass is 9.91. The molecule has 1 aromatic rings. The van der Waals surface area contributed by atoms with Gasteiger partial charge in [-0.15, -0.1) is 0 Å². The van der Waals surface area contributed by atoms with Gasteiger partial charge in [-0.2, -0.15) is 0 Å². The van der Waals surface area contributed by atoms with Gasteiger partial charge in [-0.1, -0.05) is 18.2 Å². The summed E-state index contributed by atoms with van der Waals surface area (Å²) in [5, 5.41) is 6.55. The van der Waals surface area contributed by atoms with Crippen molar-refractivity contribution in [1.82, 2.24) is 15.5 Å². The van der Waals surface area contributed by atoms with E-state index in [9.17, 15) is 9.59 Å². The quantitative estimate of drug-likeness (QED) is 0.618. The van der Waals surface area contributed by atoms with Crippen molar-refractivity contribution >= 4 is 29.2 Å². The number of hydrogen-bond acceptors (Lipinski definition) is 4. The number of rotatable bonds is 5. The highest BCUT2D eigenvalue weighted by molar-refractivity contribution is 7.80. The summed E-state index contributed by atoms with van der Waals surface area (Å²) in [5.41, 5.74) is 2.30. The van der Waals surface area contributed by atoms with Crippen LogP contribution in [-0.4, -0.2) is 42.1 Å². The van der Waals surface area contributed by atoms with E-state index in [0.717, 1.165) is 0 Å². The first-order valence-corrected chi connectivity index (χ1v) is 8.60. The predicted octanol–water partition coefficient (Wildman–Crippen LogP) is 2.13. The summed E-state index contributed by atoms with van der Waals surface area (Å²) in [6.45, 7) is 6.88. The largest absolute Gasteiger partial charge is 0.465 e. The maximum atomic E-state index is 13.0. The molecule has 0 saturated heterocycles. The zero-order valence-electron chi connectivity index (χ0n) is 14.9. The van der Waals surface area contributed by atoms with Crippen LogP contribution in [0.2, 0.25) is 0 Å². The number of hydrogen-bond donors (Lipinski definition) is 2. The average molecular weight is 361 g/mol. The highest BCUT2D eigenvalue weighted by Gasteiger charge is 2.33. The Morgan fingerprint density at radius 3 is 2.48 bits per heavy atom. The van der Waals surface area contributed by atoms with Crippen LogP contribution >= 0.6 is 12.2 Å². The third-order valence-corrected chi connectivity index (χ3v) is 4.45. The highest BCUT2D eigenvalue weighted by Crippen LogP contribution is 2.30. The lowest BCUT2D eigenvalue weighted by Gasteiger charge is -2.33. The first kappa shape index (κ1) is 18.9. The number of amides is 1. The van der Waals surface area contributed by atoms with Crippen molar-refractivity contribution in [2.24, 2.45) is 0 Å². The summed E-state index contributed by atoms with van der Waals surface area (Å²) < 4.78 is 4.88. The topological polar surface area (TPSA) is 70.7 Å². The van der Waals surface area contributed by atoms with Crippen LogP contribution < -0.4 is 10.6 Å². The second-order valence-electron chi connectivity index (χ2n) is 5.63. The first-order chi connectivity index (χ1) is 11.9. The van der Waals surface area contributed by atoms with E-state index in [4.69, 9.17) is 17.0 Å². The summed E-state index contributed by atoms with van der Waals surface area (Å²) in [7, 11) is 1.34. The van der Waals surface area contributed by atoms with Crippen LogP contribution in [0.15, 0.2) is 35.5 Å². The molecule has 1 heterocycles. The van der Waals surface area contributed by atoms with E-state index >= 15 is 0 Å². The van der Waals surface area contributed by atoms with Gasteiger partial charge in [-0.3, -0.25) is 4.79 Å². The number of thiocarbonyl (C=S) groups is 1. The lowest BCUT2D eigenvalue weighted by Crippen LogP contribution is -2.48. The van der Waals surface area contributed by atoms with Gasteiger partial charge in [0.15, 0.2) is 5.11 Å². The van der Waals surface area contributed by atoms with Crippen LogP contribution in [0.1, 0.15) is 42.7 Å². The number of carbonyl (C=O) groups excluding carboxylic acids is 2. The number of likely N-dealkylation sites (N-methyl/N-ethyl adjacent to an activating group) is 1. The molecule has 0 unspecified atom stereocenters. The highest BCUT2D eigenvalue weighted by atomic mass is 32.1. The van der Waals surface area contributed by atoms with Gasteiger partial charge in [0.2, 0.25) is 0 Å². The molecule has 0 aliphatic carbocycles. The summed E-state index contributed by atoms with van der Waals surface area (Å²) >= 11 is 5.26. The zero-order valence-corrected chi connectivity index (χ0v) is 15.7. The van der Waals surface area contributed by atoms with Crippen molar-refractivity contribution in [3.63, 3.8) is 0 Å². The molecule has 0 bridgehead atoms. The minimum Gasteiger partial charge on any atom is -0.465 e. The molecular weight excluding hydrogens is 338 g/mol. The number of nitrogens with zero attached hydrogens (tertiary/aromatic N) is 1. The van der Waals surface area contributed by atoms with Crippen LogP contribution in [0.5, 0.6) is 0 Å². The fourth-order valence-corrected chi connectivity index (χ4v) is 3.21. The number of allylic oxidation sites excluding steroid dienone is 1. The van der Waals surface area contributed by atoms with Crippen LogP contribution in [0.4, 0.5) is 0 Å².